The second kappa shape index (κ2) is 3.57. The quantitative estimate of drug-likeness (QED) is 0.842. The van der Waals surface area contributed by atoms with E-state index in [-0.39, 0.29) is 5.03 Å². The van der Waals surface area contributed by atoms with Gasteiger partial charge in [-0.3, -0.25) is 0 Å². The average Bonchev–Trinajstić information content (AvgIpc) is 2.61. The van der Waals surface area contributed by atoms with Gasteiger partial charge in [-0.1, -0.05) is 0 Å². The molecule has 0 radical (unpaired) electrons. The van der Waals surface area contributed by atoms with E-state index in [9.17, 15) is 8.42 Å². The molecule has 1 N–H and O–H groups in total. The Hall–Kier alpha value is -1.40. The number of hydrogen-bond donors (Lipinski definition) is 1. The first-order chi connectivity index (χ1) is 7.45. The third-order valence-electron chi connectivity index (χ3n) is 2.56. The number of nitrogens with one attached hydrogen (secondary N) is 1. The summed E-state index contributed by atoms with van der Waals surface area (Å²) in [6.07, 6.45) is 1.86. The largest absolute Gasteiger partial charge is 0.336 e. The van der Waals surface area contributed by atoms with Crippen LogP contribution in [0.4, 0.5) is 0 Å². The fraction of sp³-hybridized carbons (Fsp3) is 0.300. The summed E-state index contributed by atoms with van der Waals surface area (Å²) in [7, 11) is -0.267. The summed E-state index contributed by atoms with van der Waals surface area (Å²) in [6.45, 7) is 1.87. The number of hydrogen-bond acceptors (Lipinski definition) is 3. The van der Waals surface area contributed by atoms with Crippen molar-refractivity contribution < 1.29 is 8.42 Å². The molecule has 16 heavy (non-hydrogen) atoms. The molecule has 0 aromatic carbocycles. The number of pyridine rings is 1. The number of rotatable bonds is 2. The smallest absolute Gasteiger partial charge is 0.257 e. The van der Waals surface area contributed by atoms with Crippen LogP contribution < -0.4 is 4.72 Å². The molecule has 0 saturated carbocycles. The number of nitrogens with zero attached hydrogens (tertiary/aromatic N) is 2. The molecule has 0 fully saturated rings. The predicted molar refractivity (Wildman–Crippen MR) is 61.7 cm³/mol. The van der Waals surface area contributed by atoms with Crippen LogP contribution in [0.15, 0.2) is 23.4 Å². The second-order valence-electron chi connectivity index (χ2n) is 3.65. The Morgan fingerprint density at radius 3 is 2.75 bits per heavy atom. The van der Waals surface area contributed by atoms with Crippen molar-refractivity contribution >= 4 is 21.1 Å². The monoisotopic (exact) mass is 239 g/mol. The molecule has 6 heteroatoms. The summed E-state index contributed by atoms with van der Waals surface area (Å²) in [5.74, 6) is 0. The van der Waals surface area contributed by atoms with Gasteiger partial charge in [0.1, 0.15) is 5.65 Å². The van der Waals surface area contributed by atoms with Gasteiger partial charge in [0.15, 0.2) is 5.03 Å². The molecule has 0 amide bonds. The summed E-state index contributed by atoms with van der Waals surface area (Å²) in [5, 5.41) is 1.03. The van der Waals surface area contributed by atoms with E-state index in [4.69, 9.17) is 0 Å². The summed E-state index contributed by atoms with van der Waals surface area (Å²) in [4.78, 5) is 4.15. The maximum Gasteiger partial charge on any atom is 0.257 e. The van der Waals surface area contributed by atoms with Gasteiger partial charge in [-0.2, -0.15) is 0 Å². The van der Waals surface area contributed by atoms with Gasteiger partial charge in [-0.05, 0) is 31.7 Å². The lowest BCUT2D eigenvalue weighted by Crippen LogP contribution is -2.20. The van der Waals surface area contributed by atoms with Crippen molar-refractivity contribution in [3.63, 3.8) is 0 Å². The van der Waals surface area contributed by atoms with Gasteiger partial charge in [-0.15, -0.1) is 0 Å². The highest BCUT2D eigenvalue weighted by Gasteiger charge is 2.16. The normalized spacial score (nSPS) is 12.2. The minimum atomic E-state index is -3.48. The molecule has 5 nitrogen and oxygen atoms in total. The molecular weight excluding hydrogens is 226 g/mol. The maximum atomic E-state index is 11.6. The lowest BCUT2D eigenvalue weighted by Gasteiger charge is -2.05. The number of aromatic nitrogens is 2. The first-order valence-electron chi connectivity index (χ1n) is 4.82. The average molecular weight is 239 g/mol. The molecule has 2 aromatic rings. The Morgan fingerprint density at radius 1 is 1.44 bits per heavy atom. The number of fused-ring (bicyclic) bond motifs is 1. The molecule has 86 valence electrons. The van der Waals surface area contributed by atoms with Crippen molar-refractivity contribution in [1.82, 2.24) is 14.3 Å². The van der Waals surface area contributed by atoms with E-state index in [0.717, 1.165) is 10.9 Å². The molecule has 2 rings (SSSR count). The van der Waals surface area contributed by atoms with Crippen LogP contribution in [0.2, 0.25) is 0 Å². The molecule has 0 spiro atoms. The van der Waals surface area contributed by atoms with Crippen molar-refractivity contribution in [2.75, 3.05) is 7.05 Å². The van der Waals surface area contributed by atoms with Crippen molar-refractivity contribution in [2.24, 2.45) is 7.05 Å². The van der Waals surface area contributed by atoms with E-state index >= 15 is 0 Å². The van der Waals surface area contributed by atoms with E-state index < -0.39 is 10.0 Å². The maximum absolute atomic E-state index is 11.6. The number of aryl methyl sites for hydroxylation is 2. The fourth-order valence-electron chi connectivity index (χ4n) is 1.61. The van der Waals surface area contributed by atoms with Gasteiger partial charge in [0.25, 0.3) is 10.0 Å². The molecule has 0 bridgehead atoms. The molecular formula is C10H13N3O2S. The van der Waals surface area contributed by atoms with Crippen LogP contribution in [0.5, 0.6) is 0 Å². The Morgan fingerprint density at radius 2 is 2.12 bits per heavy atom. The lowest BCUT2D eigenvalue weighted by molar-refractivity contribution is 0.584. The first-order valence-corrected chi connectivity index (χ1v) is 6.30. The van der Waals surface area contributed by atoms with Crippen LogP contribution in [-0.2, 0) is 17.1 Å². The van der Waals surface area contributed by atoms with Gasteiger partial charge in [-0.25, -0.2) is 18.1 Å². The molecule has 0 unspecified atom stereocenters. The van der Waals surface area contributed by atoms with Crippen LogP contribution in [0.3, 0.4) is 0 Å². The SMILES string of the molecule is CNS(=O)(=O)c1cc(C)c2ccn(C)c2n1. The van der Waals surface area contributed by atoms with Gasteiger partial charge in [0, 0.05) is 18.6 Å². The molecule has 0 aliphatic rings. The summed E-state index contributed by atoms with van der Waals surface area (Å²) in [6, 6.07) is 3.50. The first kappa shape index (κ1) is 11.1. The third kappa shape index (κ3) is 1.60. The molecule has 2 heterocycles. The standard InChI is InChI=1S/C10H13N3O2S/c1-7-6-9(16(14,15)11-2)12-10-8(7)4-5-13(10)3/h4-6,11H,1-3H3. The Bertz CT molecular complexity index is 643. The summed E-state index contributed by atoms with van der Waals surface area (Å²) < 4.78 is 27.4. The van der Waals surface area contributed by atoms with E-state index in [0.29, 0.717) is 5.65 Å². The second-order valence-corrected chi connectivity index (χ2v) is 5.48. The van der Waals surface area contributed by atoms with Crippen LogP contribution in [0.25, 0.3) is 11.0 Å². The molecule has 0 aliphatic heterocycles. The van der Waals surface area contributed by atoms with Crippen LogP contribution in [0, 0.1) is 6.92 Å². The summed E-state index contributed by atoms with van der Waals surface area (Å²) in [5.41, 5.74) is 1.58. The van der Waals surface area contributed by atoms with E-state index in [1.165, 1.54) is 7.05 Å². The van der Waals surface area contributed by atoms with Crippen molar-refractivity contribution in [3.05, 3.63) is 23.9 Å². The highest BCUT2D eigenvalue weighted by atomic mass is 32.2. The fourth-order valence-corrected chi connectivity index (χ4v) is 2.36. The van der Waals surface area contributed by atoms with Crippen LogP contribution >= 0.6 is 0 Å². The minimum absolute atomic E-state index is 0.0572. The summed E-state index contributed by atoms with van der Waals surface area (Å²) >= 11 is 0. The third-order valence-corrected chi connectivity index (χ3v) is 3.86. The molecule has 0 atom stereocenters. The van der Waals surface area contributed by atoms with Crippen molar-refractivity contribution in [3.8, 4) is 0 Å². The van der Waals surface area contributed by atoms with Crippen molar-refractivity contribution in [1.29, 1.82) is 0 Å². The van der Waals surface area contributed by atoms with Crippen LogP contribution in [0.1, 0.15) is 5.56 Å². The van der Waals surface area contributed by atoms with Gasteiger partial charge in [0.2, 0.25) is 0 Å². The van der Waals surface area contributed by atoms with E-state index in [2.05, 4.69) is 9.71 Å². The zero-order chi connectivity index (χ0) is 11.9. The Balaban J connectivity index is 2.80. The Labute approximate surface area is 94.2 Å². The van der Waals surface area contributed by atoms with Gasteiger partial charge < -0.3 is 4.57 Å². The van der Waals surface area contributed by atoms with Crippen LogP contribution in [-0.4, -0.2) is 25.0 Å². The highest BCUT2D eigenvalue weighted by Crippen LogP contribution is 2.20. The van der Waals surface area contributed by atoms with E-state index in [1.54, 1.807) is 10.6 Å². The van der Waals surface area contributed by atoms with Gasteiger partial charge >= 0.3 is 0 Å². The van der Waals surface area contributed by atoms with Gasteiger partial charge in [0.05, 0.1) is 0 Å². The van der Waals surface area contributed by atoms with Crippen molar-refractivity contribution in [2.45, 2.75) is 11.9 Å². The minimum Gasteiger partial charge on any atom is -0.336 e. The topological polar surface area (TPSA) is 64.0 Å². The highest BCUT2D eigenvalue weighted by molar-refractivity contribution is 7.89. The molecule has 0 aliphatic carbocycles. The zero-order valence-corrected chi connectivity index (χ0v) is 10.2. The zero-order valence-electron chi connectivity index (χ0n) is 9.35. The molecule has 2 aromatic heterocycles. The lowest BCUT2D eigenvalue weighted by atomic mass is 10.2. The molecule has 0 saturated heterocycles. The van der Waals surface area contributed by atoms with E-state index in [1.807, 2.05) is 26.2 Å². The predicted octanol–water partition coefficient (Wildman–Crippen LogP) is 0.790. The number of sulfonamides is 1. The Kier molecular flexibility index (Phi) is 2.47.